The first kappa shape index (κ1) is 22.0. The lowest BCUT2D eigenvalue weighted by molar-refractivity contribution is -0.274. The average molecular weight is 428 g/mol. The molecular formula is C20H27F3N4O3. The van der Waals surface area contributed by atoms with Crippen LogP contribution in [0.2, 0.25) is 0 Å². The minimum absolute atomic E-state index is 0.0106. The molecule has 0 radical (unpaired) electrons. The van der Waals surface area contributed by atoms with Crippen molar-refractivity contribution in [1.29, 1.82) is 0 Å². The first-order valence-corrected chi connectivity index (χ1v) is 10.3. The van der Waals surface area contributed by atoms with Gasteiger partial charge in [0.15, 0.2) is 0 Å². The Kier molecular flexibility index (Phi) is 7.28. The van der Waals surface area contributed by atoms with Gasteiger partial charge in [0.2, 0.25) is 0 Å². The van der Waals surface area contributed by atoms with E-state index in [1.165, 1.54) is 18.6 Å². The fraction of sp³-hybridized carbons (Fsp3) is 0.600. The Morgan fingerprint density at radius 1 is 0.900 bits per heavy atom. The van der Waals surface area contributed by atoms with Gasteiger partial charge in [-0.25, -0.2) is 9.59 Å². The Balaban J connectivity index is 1.39. The van der Waals surface area contributed by atoms with Crippen molar-refractivity contribution in [2.75, 3.05) is 18.4 Å². The van der Waals surface area contributed by atoms with E-state index in [0.29, 0.717) is 31.6 Å². The maximum Gasteiger partial charge on any atom is 0.573 e. The molecule has 10 heteroatoms. The number of halogens is 3. The van der Waals surface area contributed by atoms with Crippen LogP contribution in [0.25, 0.3) is 0 Å². The van der Waals surface area contributed by atoms with E-state index in [1.807, 2.05) is 0 Å². The molecule has 0 unspecified atom stereocenters. The summed E-state index contributed by atoms with van der Waals surface area (Å²) < 4.78 is 40.4. The molecular weight excluding hydrogens is 401 g/mol. The van der Waals surface area contributed by atoms with E-state index in [1.54, 1.807) is 4.90 Å². The first-order chi connectivity index (χ1) is 14.3. The monoisotopic (exact) mass is 428 g/mol. The summed E-state index contributed by atoms with van der Waals surface area (Å²) in [6.07, 6.45) is 2.10. The fourth-order valence-electron chi connectivity index (χ4n) is 3.83. The lowest BCUT2D eigenvalue weighted by atomic mass is 9.96. The molecule has 7 nitrogen and oxygen atoms in total. The number of hydrogen-bond acceptors (Lipinski definition) is 3. The zero-order valence-electron chi connectivity index (χ0n) is 16.6. The molecule has 0 bridgehead atoms. The number of nitrogens with one attached hydrogen (secondary N) is 3. The van der Waals surface area contributed by atoms with Crippen LogP contribution in [0.15, 0.2) is 24.3 Å². The SMILES string of the molecule is O=C(NC1CCCCC1)NC1CCN(C(=O)Nc2ccc(OC(F)(F)F)cc2)CC1. The smallest absolute Gasteiger partial charge is 0.406 e. The number of carbonyl (C=O) groups excluding carboxylic acids is 2. The molecule has 0 atom stereocenters. The van der Waals surface area contributed by atoms with Crippen molar-refractivity contribution in [2.24, 2.45) is 0 Å². The molecule has 30 heavy (non-hydrogen) atoms. The summed E-state index contributed by atoms with van der Waals surface area (Å²) in [5.74, 6) is -0.348. The van der Waals surface area contributed by atoms with Gasteiger partial charge in [0, 0.05) is 30.9 Å². The summed E-state index contributed by atoms with van der Waals surface area (Å²) in [6, 6.07) is 4.77. The van der Waals surface area contributed by atoms with E-state index in [2.05, 4.69) is 20.7 Å². The van der Waals surface area contributed by atoms with E-state index in [9.17, 15) is 22.8 Å². The number of alkyl halides is 3. The summed E-state index contributed by atoms with van der Waals surface area (Å²) >= 11 is 0. The highest BCUT2D eigenvalue weighted by Crippen LogP contribution is 2.24. The normalized spacial score (nSPS) is 18.6. The Hall–Kier alpha value is -2.65. The number of ether oxygens (including phenoxy) is 1. The highest BCUT2D eigenvalue weighted by atomic mass is 19.4. The zero-order valence-corrected chi connectivity index (χ0v) is 16.6. The first-order valence-electron chi connectivity index (χ1n) is 10.3. The van der Waals surface area contributed by atoms with E-state index in [0.717, 1.165) is 37.8 Å². The van der Waals surface area contributed by atoms with Gasteiger partial charge in [0.1, 0.15) is 5.75 Å². The van der Waals surface area contributed by atoms with Crippen LogP contribution in [0.5, 0.6) is 5.75 Å². The molecule has 2 aliphatic rings. The number of likely N-dealkylation sites (tertiary alicyclic amines) is 1. The largest absolute Gasteiger partial charge is 0.573 e. The minimum atomic E-state index is -4.75. The average Bonchev–Trinajstić information content (AvgIpc) is 2.69. The van der Waals surface area contributed by atoms with Crippen LogP contribution in [-0.4, -0.2) is 48.5 Å². The third-order valence-corrected chi connectivity index (χ3v) is 5.40. The minimum Gasteiger partial charge on any atom is -0.406 e. The van der Waals surface area contributed by atoms with E-state index < -0.39 is 6.36 Å². The van der Waals surface area contributed by atoms with Gasteiger partial charge in [-0.15, -0.1) is 13.2 Å². The molecule has 0 aromatic heterocycles. The van der Waals surface area contributed by atoms with Crippen LogP contribution in [0.1, 0.15) is 44.9 Å². The predicted octanol–water partition coefficient (Wildman–Crippen LogP) is 4.21. The third-order valence-electron chi connectivity index (χ3n) is 5.40. The molecule has 1 saturated carbocycles. The molecule has 3 rings (SSSR count). The second-order valence-electron chi connectivity index (χ2n) is 7.72. The number of benzene rings is 1. The van der Waals surface area contributed by atoms with Crippen LogP contribution in [0.4, 0.5) is 28.4 Å². The maximum atomic E-state index is 12.4. The van der Waals surface area contributed by atoms with Gasteiger partial charge in [-0.1, -0.05) is 19.3 Å². The van der Waals surface area contributed by atoms with Crippen molar-refractivity contribution >= 4 is 17.7 Å². The number of carbonyl (C=O) groups is 2. The topological polar surface area (TPSA) is 82.7 Å². The Labute approximate surface area is 173 Å². The number of amides is 4. The summed E-state index contributed by atoms with van der Waals surface area (Å²) in [4.78, 5) is 26.2. The highest BCUT2D eigenvalue weighted by Gasteiger charge is 2.31. The number of urea groups is 2. The van der Waals surface area contributed by atoms with Crippen molar-refractivity contribution < 1.29 is 27.5 Å². The lowest BCUT2D eigenvalue weighted by Crippen LogP contribution is -2.51. The highest BCUT2D eigenvalue weighted by molar-refractivity contribution is 5.89. The number of piperidine rings is 1. The van der Waals surface area contributed by atoms with Crippen molar-refractivity contribution in [3.05, 3.63) is 24.3 Å². The number of nitrogens with zero attached hydrogens (tertiary/aromatic N) is 1. The van der Waals surface area contributed by atoms with Gasteiger partial charge in [0.25, 0.3) is 0 Å². The van der Waals surface area contributed by atoms with Crippen LogP contribution in [-0.2, 0) is 0 Å². The van der Waals surface area contributed by atoms with Gasteiger partial charge in [0.05, 0.1) is 0 Å². The quantitative estimate of drug-likeness (QED) is 0.672. The number of hydrogen-bond donors (Lipinski definition) is 3. The van der Waals surface area contributed by atoms with Gasteiger partial charge < -0.3 is 25.6 Å². The maximum absolute atomic E-state index is 12.4. The van der Waals surface area contributed by atoms with Gasteiger partial charge >= 0.3 is 18.4 Å². The Morgan fingerprint density at radius 2 is 1.47 bits per heavy atom. The fourth-order valence-corrected chi connectivity index (χ4v) is 3.83. The molecule has 1 aliphatic heterocycles. The summed E-state index contributed by atoms with van der Waals surface area (Å²) in [7, 11) is 0. The second kappa shape index (κ2) is 9.90. The predicted molar refractivity (Wildman–Crippen MR) is 105 cm³/mol. The van der Waals surface area contributed by atoms with Crippen LogP contribution < -0.4 is 20.7 Å². The lowest BCUT2D eigenvalue weighted by Gasteiger charge is -2.33. The number of rotatable bonds is 4. The van der Waals surface area contributed by atoms with Gasteiger partial charge in [-0.3, -0.25) is 0 Å². The van der Waals surface area contributed by atoms with Crippen molar-refractivity contribution in [1.82, 2.24) is 15.5 Å². The van der Waals surface area contributed by atoms with Gasteiger partial charge in [-0.2, -0.15) is 0 Å². The summed E-state index contributed by atoms with van der Waals surface area (Å²) in [5.41, 5.74) is 0.377. The molecule has 2 fully saturated rings. The molecule has 1 heterocycles. The molecule has 0 spiro atoms. The van der Waals surface area contributed by atoms with Crippen molar-refractivity contribution in [3.8, 4) is 5.75 Å². The van der Waals surface area contributed by atoms with E-state index >= 15 is 0 Å². The van der Waals surface area contributed by atoms with Crippen LogP contribution in [0, 0.1) is 0 Å². The molecule has 3 N–H and O–H groups in total. The van der Waals surface area contributed by atoms with Gasteiger partial charge in [-0.05, 0) is 49.9 Å². The standard InChI is InChI=1S/C20H27F3N4O3/c21-20(22,23)30-17-8-6-15(7-9-17)26-19(29)27-12-10-16(11-13-27)25-18(28)24-14-4-2-1-3-5-14/h6-9,14,16H,1-5,10-13H2,(H,26,29)(H2,24,25,28). The van der Waals surface area contributed by atoms with Crippen molar-refractivity contribution in [2.45, 2.75) is 63.4 Å². The molecule has 1 saturated heterocycles. The molecule has 166 valence electrons. The van der Waals surface area contributed by atoms with Crippen LogP contribution >= 0.6 is 0 Å². The summed E-state index contributed by atoms with van der Waals surface area (Å²) in [6.45, 7) is 0.963. The van der Waals surface area contributed by atoms with E-state index in [4.69, 9.17) is 0 Å². The Bertz CT molecular complexity index is 713. The Morgan fingerprint density at radius 3 is 2.03 bits per heavy atom. The summed E-state index contributed by atoms with van der Waals surface area (Å²) in [5, 5.41) is 8.68. The molecule has 1 aromatic rings. The van der Waals surface area contributed by atoms with Crippen molar-refractivity contribution in [3.63, 3.8) is 0 Å². The third kappa shape index (κ3) is 7.00. The second-order valence-corrected chi connectivity index (χ2v) is 7.72. The van der Waals surface area contributed by atoms with Crippen LogP contribution in [0.3, 0.4) is 0 Å². The molecule has 1 aliphatic carbocycles. The molecule has 1 aromatic carbocycles. The number of anilines is 1. The molecule has 4 amide bonds. The zero-order chi connectivity index (χ0) is 21.6. The van der Waals surface area contributed by atoms with E-state index in [-0.39, 0.29) is 29.9 Å².